The summed E-state index contributed by atoms with van der Waals surface area (Å²) in [6, 6.07) is 12.2. The molecule has 202 valence electrons. The average Bonchev–Trinajstić information content (AvgIpc) is 2.92. The van der Waals surface area contributed by atoms with Crippen LogP contribution in [0.15, 0.2) is 47.4 Å². The van der Waals surface area contributed by atoms with Crippen molar-refractivity contribution in [3.8, 4) is 0 Å². The van der Waals surface area contributed by atoms with Gasteiger partial charge in [-0.05, 0) is 61.9 Å². The largest absolute Gasteiger partial charge is 0.452 e. The lowest BCUT2D eigenvalue weighted by Crippen LogP contribution is -2.36. The van der Waals surface area contributed by atoms with Gasteiger partial charge >= 0.3 is 5.97 Å². The van der Waals surface area contributed by atoms with Crippen LogP contribution in [0, 0.1) is 6.92 Å². The molecule has 1 saturated heterocycles. The predicted molar refractivity (Wildman–Crippen MR) is 148 cm³/mol. The fraction of sp³-hybridized carbons (Fsp3) is 0.414. The molecule has 38 heavy (non-hydrogen) atoms. The van der Waals surface area contributed by atoms with E-state index < -0.39 is 28.5 Å². The number of hydrogen-bond donors (Lipinski definition) is 1. The van der Waals surface area contributed by atoms with Crippen LogP contribution in [-0.4, -0.2) is 49.3 Å². The summed E-state index contributed by atoms with van der Waals surface area (Å²) < 4.78 is 33.4. The number of aromatic nitrogens is 1. The van der Waals surface area contributed by atoms with Gasteiger partial charge in [0.05, 0.1) is 16.0 Å². The summed E-state index contributed by atoms with van der Waals surface area (Å²) in [6.07, 6.45) is 4.95. The molecule has 0 radical (unpaired) electrons. The molecule has 0 saturated carbocycles. The maximum atomic E-state index is 13.2. The van der Waals surface area contributed by atoms with Crippen LogP contribution in [0.1, 0.15) is 66.7 Å². The summed E-state index contributed by atoms with van der Waals surface area (Å²) in [4.78, 5) is 30.9. The summed E-state index contributed by atoms with van der Waals surface area (Å²) in [5.74, 6) is -1.13. The van der Waals surface area contributed by atoms with Gasteiger partial charge in [-0.1, -0.05) is 51.0 Å². The van der Waals surface area contributed by atoms with E-state index in [9.17, 15) is 18.0 Å². The molecule has 1 amide bonds. The smallest absolute Gasteiger partial charge is 0.339 e. The van der Waals surface area contributed by atoms with Crippen molar-refractivity contribution >= 4 is 38.5 Å². The quantitative estimate of drug-likeness (QED) is 0.384. The lowest BCUT2D eigenvalue weighted by molar-refractivity contribution is -0.119. The van der Waals surface area contributed by atoms with Crippen molar-refractivity contribution in [1.29, 1.82) is 0 Å². The number of piperidine rings is 1. The van der Waals surface area contributed by atoms with Crippen molar-refractivity contribution in [2.75, 3.05) is 25.0 Å². The van der Waals surface area contributed by atoms with Crippen molar-refractivity contribution in [3.05, 3.63) is 64.8 Å². The standard InChI is InChI=1S/C29H35N3O5S/c1-4-11-24-22(5-2)28(23-12-7-8-13-25(23)31-24)29(34)37-19-27(33)30-21-15-14-20(3)26(18-21)38(35,36)32-16-9-6-10-17-32/h7-8,12-15,18H,4-6,9-11,16-17,19H2,1-3H3,(H,30,33). The van der Waals surface area contributed by atoms with Gasteiger partial charge in [-0.15, -0.1) is 0 Å². The molecule has 1 fully saturated rings. The zero-order valence-corrected chi connectivity index (χ0v) is 23.1. The Bertz CT molecular complexity index is 1450. The number of benzene rings is 2. The molecule has 0 bridgehead atoms. The van der Waals surface area contributed by atoms with E-state index in [1.54, 1.807) is 19.1 Å². The molecule has 3 aromatic rings. The van der Waals surface area contributed by atoms with Gasteiger partial charge in [0.2, 0.25) is 10.0 Å². The first kappa shape index (κ1) is 27.7. The maximum absolute atomic E-state index is 13.2. The van der Waals surface area contributed by atoms with Gasteiger partial charge in [0, 0.05) is 29.9 Å². The van der Waals surface area contributed by atoms with E-state index in [1.165, 1.54) is 10.4 Å². The van der Waals surface area contributed by atoms with E-state index in [-0.39, 0.29) is 4.90 Å². The van der Waals surface area contributed by atoms with Crippen LogP contribution < -0.4 is 5.32 Å². The van der Waals surface area contributed by atoms with Crippen LogP contribution in [0.4, 0.5) is 5.69 Å². The van der Waals surface area contributed by atoms with Gasteiger partial charge in [-0.3, -0.25) is 9.78 Å². The number of fused-ring (bicyclic) bond motifs is 1. The number of nitrogens with one attached hydrogen (secondary N) is 1. The molecule has 1 aliphatic heterocycles. The number of esters is 1. The van der Waals surface area contributed by atoms with Crippen LogP contribution in [0.3, 0.4) is 0 Å². The molecule has 4 rings (SSSR count). The molecule has 2 heterocycles. The number of amides is 1. The van der Waals surface area contributed by atoms with Gasteiger partial charge in [-0.25, -0.2) is 13.2 Å². The van der Waals surface area contributed by atoms with Gasteiger partial charge in [0.1, 0.15) is 0 Å². The maximum Gasteiger partial charge on any atom is 0.339 e. The Morgan fingerprint density at radius 1 is 1.05 bits per heavy atom. The minimum Gasteiger partial charge on any atom is -0.452 e. The lowest BCUT2D eigenvalue weighted by Gasteiger charge is -2.26. The van der Waals surface area contributed by atoms with Crippen LogP contribution in [-0.2, 0) is 32.4 Å². The molecule has 0 aliphatic carbocycles. The Hall–Kier alpha value is -3.30. The Kier molecular flexibility index (Phi) is 8.79. The first-order valence-corrected chi connectivity index (χ1v) is 14.7. The third-order valence-corrected chi connectivity index (χ3v) is 8.90. The van der Waals surface area contributed by atoms with Gasteiger partial charge in [-0.2, -0.15) is 4.31 Å². The molecule has 0 atom stereocenters. The van der Waals surface area contributed by atoms with Crippen molar-refractivity contribution in [2.45, 2.75) is 64.2 Å². The predicted octanol–water partition coefficient (Wildman–Crippen LogP) is 5.03. The number of nitrogens with zero attached hydrogens (tertiary/aromatic N) is 2. The molecule has 0 unspecified atom stereocenters. The zero-order valence-electron chi connectivity index (χ0n) is 22.2. The number of pyridine rings is 1. The Balaban J connectivity index is 1.51. The zero-order chi connectivity index (χ0) is 27.3. The van der Waals surface area contributed by atoms with Crippen LogP contribution in [0.25, 0.3) is 10.9 Å². The number of aryl methyl sites for hydroxylation is 2. The Morgan fingerprint density at radius 3 is 2.50 bits per heavy atom. The fourth-order valence-corrected chi connectivity index (χ4v) is 6.73. The summed E-state index contributed by atoms with van der Waals surface area (Å²) in [6.45, 7) is 6.27. The minimum atomic E-state index is -3.66. The molecule has 9 heteroatoms. The van der Waals surface area contributed by atoms with Crippen LogP contribution in [0.5, 0.6) is 0 Å². The van der Waals surface area contributed by atoms with E-state index in [4.69, 9.17) is 9.72 Å². The second-order valence-corrected chi connectivity index (χ2v) is 11.5. The number of carbonyl (C=O) groups excluding carboxylic acids is 2. The highest BCUT2D eigenvalue weighted by Gasteiger charge is 2.28. The number of carbonyl (C=O) groups is 2. The van der Waals surface area contributed by atoms with E-state index >= 15 is 0 Å². The first-order chi connectivity index (χ1) is 18.3. The van der Waals surface area contributed by atoms with Gasteiger partial charge in [0.15, 0.2) is 6.61 Å². The van der Waals surface area contributed by atoms with Gasteiger partial charge in [0.25, 0.3) is 5.91 Å². The lowest BCUT2D eigenvalue weighted by atomic mass is 9.96. The van der Waals surface area contributed by atoms with E-state index in [2.05, 4.69) is 12.2 Å². The number of ether oxygens (including phenoxy) is 1. The third-order valence-electron chi connectivity index (χ3n) is 6.86. The topological polar surface area (TPSA) is 106 Å². The monoisotopic (exact) mass is 537 g/mol. The summed E-state index contributed by atoms with van der Waals surface area (Å²) in [5, 5.41) is 3.37. The number of para-hydroxylation sites is 1. The molecule has 0 spiro atoms. The Labute approximate surface area is 224 Å². The molecule has 8 nitrogen and oxygen atoms in total. The summed E-state index contributed by atoms with van der Waals surface area (Å²) in [7, 11) is -3.66. The Morgan fingerprint density at radius 2 is 1.79 bits per heavy atom. The first-order valence-electron chi connectivity index (χ1n) is 13.2. The summed E-state index contributed by atoms with van der Waals surface area (Å²) >= 11 is 0. The van der Waals surface area contributed by atoms with Crippen LogP contribution in [0.2, 0.25) is 0 Å². The highest BCUT2D eigenvalue weighted by atomic mass is 32.2. The summed E-state index contributed by atoms with van der Waals surface area (Å²) in [5.41, 5.74) is 3.81. The van der Waals surface area contributed by atoms with Crippen molar-refractivity contribution in [3.63, 3.8) is 0 Å². The number of anilines is 1. The highest BCUT2D eigenvalue weighted by Crippen LogP contribution is 2.27. The number of hydrogen-bond acceptors (Lipinski definition) is 6. The number of sulfonamides is 1. The molecule has 2 aromatic carbocycles. The highest BCUT2D eigenvalue weighted by molar-refractivity contribution is 7.89. The van der Waals surface area contributed by atoms with E-state index in [0.29, 0.717) is 47.2 Å². The molecule has 1 aliphatic rings. The van der Waals surface area contributed by atoms with Crippen LogP contribution >= 0.6 is 0 Å². The SMILES string of the molecule is CCCc1nc2ccccc2c(C(=O)OCC(=O)Nc2ccc(C)c(S(=O)(=O)N3CCCCC3)c2)c1CC. The average molecular weight is 538 g/mol. The second-order valence-electron chi connectivity index (χ2n) is 9.60. The van der Waals surface area contributed by atoms with E-state index in [0.717, 1.165) is 43.4 Å². The minimum absolute atomic E-state index is 0.175. The van der Waals surface area contributed by atoms with Crippen molar-refractivity contribution < 1.29 is 22.7 Å². The molecule has 1 N–H and O–H groups in total. The van der Waals surface area contributed by atoms with Crippen molar-refractivity contribution in [1.82, 2.24) is 9.29 Å². The molecule has 1 aromatic heterocycles. The van der Waals surface area contributed by atoms with E-state index in [1.807, 2.05) is 31.2 Å². The normalized spacial score (nSPS) is 14.4. The van der Waals surface area contributed by atoms with Crippen molar-refractivity contribution in [2.24, 2.45) is 0 Å². The fourth-order valence-electron chi connectivity index (χ4n) is 4.96. The third kappa shape index (κ3) is 5.89. The second kappa shape index (κ2) is 12.0. The molecular formula is C29H35N3O5S. The number of rotatable bonds is 9. The van der Waals surface area contributed by atoms with Gasteiger partial charge < -0.3 is 10.1 Å². The molecular weight excluding hydrogens is 502 g/mol.